The van der Waals surface area contributed by atoms with Crippen molar-refractivity contribution >= 4 is 61.4 Å². The number of hydrogen-bond donors (Lipinski definition) is 1. The van der Waals surface area contributed by atoms with Gasteiger partial charge in [-0.2, -0.15) is 0 Å². The average molecular weight is 540 g/mol. The van der Waals surface area contributed by atoms with Crippen molar-refractivity contribution in [3.05, 3.63) is 156 Å². The Morgan fingerprint density at radius 2 is 1.31 bits per heavy atom. The number of nitrogens with one attached hydrogen (secondary N) is 1. The molecule has 198 valence electrons. The molecule has 0 aliphatic rings. The minimum absolute atomic E-state index is 0.460. The molecule has 0 atom stereocenters. The zero-order valence-corrected chi connectivity index (χ0v) is 22.7. The van der Waals surface area contributed by atoms with E-state index in [9.17, 15) is 0 Å². The van der Waals surface area contributed by atoms with Crippen LogP contribution < -0.4 is 0 Å². The van der Waals surface area contributed by atoms with Gasteiger partial charge in [0.2, 0.25) is 0 Å². The van der Waals surface area contributed by atoms with Crippen molar-refractivity contribution in [2.24, 2.45) is 4.99 Å². The van der Waals surface area contributed by atoms with E-state index in [0.717, 1.165) is 61.0 Å². The van der Waals surface area contributed by atoms with E-state index in [2.05, 4.69) is 77.4 Å². The highest BCUT2D eigenvalue weighted by Gasteiger charge is 2.18. The lowest BCUT2D eigenvalue weighted by Gasteiger charge is -2.09. The van der Waals surface area contributed by atoms with E-state index in [1.165, 1.54) is 10.8 Å². The number of furan rings is 1. The monoisotopic (exact) mass is 539 g/mol. The molecule has 0 spiro atoms. The van der Waals surface area contributed by atoms with E-state index in [0.29, 0.717) is 5.71 Å². The summed E-state index contributed by atoms with van der Waals surface area (Å²) < 4.78 is 8.77. The van der Waals surface area contributed by atoms with Crippen molar-refractivity contribution < 1.29 is 4.42 Å². The molecule has 0 amide bonds. The fourth-order valence-corrected chi connectivity index (χ4v) is 5.91. The van der Waals surface area contributed by atoms with Gasteiger partial charge in [0.1, 0.15) is 5.58 Å². The summed E-state index contributed by atoms with van der Waals surface area (Å²) in [4.78, 5) is 4.79. The van der Waals surface area contributed by atoms with E-state index < -0.39 is 0 Å². The van der Waals surface area contributed by atoms with Gasteiger partial charge in [-0.05, 0) is 42.0 Å². The third-order valence-electron chi connectivity index (χ3n) is 7.92. The number of rotatable bonds is 5. The Morgan fingerprint density at radius 3 is 2.17 bits per heavy atom. The lowest BCUT2D eigenvalue weighted by atomic mass is 10.0. The molecule has 2 heterocycles. The predicted octanol–water partition coefficient (Wildman–Crippen LogP) is 9.85. The second kappa shape index (κ2) is 9.72. The average Bonchev–Trinajstić information content (AvgIpc) is 3.60. The van der Waals surface area contributed by atoms with Gasteiger partial charge in [0.05, 0.1) is 22.4 Å². The van der Waals surface area contributed by atoms with Gasteiger partial charge in [0.15, 0.2) is 5.58 Å². The summed E-state index contributed by atoms with van der Waals surface area (Å²) in [7, 11) is 0. The molecule has 0 bridgehead atoms. The molecule has 1 N–H and O–H groups in total. The van der Waals surface area contributed by atoms with Crippen LogP contribution in [0.15, 0.2) is 149 Å². The topological polar surface area (TPSA) is 54.3 Å². The van der Waals surface area contributed by atoms with Gasteiger partial charge in [-0.15, -0.1) is 0 Å². The van der Waals surface area contributed by atoms with Gasteiger partial charge in [-0.25, -0.2) is 0 Å². The molecule has 0 unspecified atom stereocenters. The molecule has 8 aromatic rings. The zero-order chi connectivity index (χ0) is 28.0. The largest absolute Gasteiger partial charge is 0.454 e. The molecular weight excluding hydrogens is 514 g/mol. The number of benzene rings is 6. The summed E-state index contributed by atoms with van der Waals surface area (Å²) >= 11 is 0. The molecule has 0 aliphatic heterocycles. The van der Waals surface area contributed by atoms with Crippen LogP contribution in [0.4, 0.5) is 5.69 Å². The predicted molar refractivity (Wildman–Crippen MR) is 174 cm³/mol. The Kier molecular flexibility index (Phi) is 5.57. The van der Waals surface area contributed by atoms with Crippen LogP contribution in [0.3, 0.4) is 0 Å². The van der Waals surface area contributed by atoms with Crippen LogP contribution in [0.25, 0.3) is 49.4 Å². The highest BCUT2D eigenvalue weighted by Crippen LogP contribution is 2.40. The van der Waals surface area contributed by atoms with Gasteiger partial charge < -0.3 is 8.98 Å². The lowest BCUT2D eigenvalue weighted by Crippen LogP contribution is -2.01. The van der Waals surface area contributed by atoms with Gasteiger partial charge in [0.25, 0.3) is 0 Å². The van der Waals surface area contributed by atoms with Gasteiger partial charge in [-0.3, -0.25) is 10.4 Å². The molecule has 42 heavy (non-hydrogen) atoms. The normalized spacial score (nSPS) is 11.8. The van der Waals surface area contributed by atoms with Crippen molar-refractivity contribution in [1.29, 1.82) is 5.41 Å². The smallest absolute Gasteiger partial charge is 0.160 e. The molecule has 6 aromatic carbocycles. The Morgan fingerprint density at radius 1 is 0.619 bits per heavy atom. The fraction of sp³-hybridized carbons (Fsp3) is 0. The van der Waals surface area contributed by atoms with E-state index in [4.69, 9.17) is 14.8 Å². The molecule has 4 nitrogen and oxygen atoms in total. The fourth-order valence-electron chi connectivity index (χ4n) is 5.91. The van der Waals surface area contributed by atoms with E-state index in [-0.39, 0.29) is 0 Å². The quantitative estimate of drug-likeness (QED) is 0.217. The second-order valence-electron chi connectivity index (χ2n) is 10.4. The molecule has 0 saturated carbocycles. The second-order valence-corrected chi connectivity index (χ2v) is 10.4. The Hall–Kier alpha value is -5.74. The first-order valence-electron chi connectivity index (χ1n) is 14.0. The first-order chi connectivity index (χ1) is 20.8. The van der Waals surface area contributed by atoms with E-state index in [1.807, 2.05) is 72.9 Å². The Labute approximate surface area is 242 Å². The van der Waals surface area contributed by atoms with Crippen LogP contribution in [-0.4, -0.2) is 16.5 Å². The number of aromatic nitrogens is 1. The van der Waals surface area contributed by atoms with Crippen LogP contribution in [0.1, 0.15) is 16.7 Å². The number of nitrogens with zero attached hydrogens (tertiary/aromatic N) is 2. The molecule has 0 fully saturated rings. The third kappa shape index (κ3) is 3.85. The van der Waals surface area contributed by atoms with Gasteiger partial charge in [-0.1, -0.05) is 103 Å². The number of hydrogen-bond acceptors (Lipinski definition) is 3. The molecule has 0 saturated heterocycles. The Bertz CT molecular complexity index is 2310. The summed E-state index contributed by atoms with van der Waals surface area (Å²) in [5.41, 5.74) is 8.93. The summed E-state index contributed by atoms with van der Waals surface area (Å²) in [6.07, 6.45) is 1.87. The SMILES string of the molecule is N=C(c1ccccc1)c1ccccc1/N=C/c1ccc(-n2c3ccccc3c3ccc4c5ccccc5oc4c32)cc1. The van der Waals surface area contributed by atoms with Crippen molar-refractivity contribution in [2.45, 2.75) is 0 Å². The van der Waals surface area contributed by atoms with E-state index >= 15 is 0 Å². The van der Waals surface area contributed by atoms with Crippen LogP contribution in [-0.2, 0) is 0 Å². The van der Waals surface area contributed by atoms with Crippen LogP contribution in [0.5, 0.6) is 0 Å². The summed E-state index contributed by atoms with van der Waals surface area (Å²) in [6.45, 7) is 0. The van der Waals surface area contributed by atoms with E-state index in [1.54, 1.807) is 0 Å². The zero-order valence-electron chi connectivity index (χ0n) is 22.7. The van der Waals surface area contributed by atoms with Crippen LogP contribution in [0, 0.1) is 5.41 Å². The lowest BCUT2D eigenvalue weighted by molar-refractivity contribution is 0.671. The Balaban J connectivity index is 1.22. The molecule has 4 heteroatoms. The van der Waals surface area contributed by atoms with Crippen molar-refractivity contribution in [1.82, 2.24) is 4.57 Å². The third-order valence-corrected chi connectivity index (χ3v) is 7.92. The number of para-hydroxylation sites is 3. The highest BCUT2D eigenvalue weighted by molar-refractivity contribution is 6.21. The summed E-state index contributed by atoms with van der Waals surface area (Å²) in [5.74, 6) is 0. The van der Waals surface area contributed by atoms with Crippen molar-refractivity contribution in [3.63, 3.8) is 0 Å². The van der Waals surface area contributed by atoms with Crippen LogP contribution in [0.2, 0.25) is 0 Å². The molecular formula is C38H25N3O. The standard InChI is InChI=1S/C38H25N3O/c39-36(26-10-2-1-3-11-26)32-14-4-7-15-33(32)40-24-25-18-20-27(21-19-25)41-34-16-8-5-12-28(34)30-22-23-31-29-13-6-9-17-35(29)42-38(31)37(30)41/h1-24,39H/b39-36?,40-24+. The van der Waals surface area contributed by atoms with Crippen LogP contribution >= 0.6 is 0 Å². The minimum Gasteiger partial charge on any atom is -0.454 e. The maximum Gasteiger partial charge on any atom is 0.160 e. The minimum atomic E-state index is 0.460. The van der Waals surface area contributed by atoms with Gasteiger partial charge >= 0.3 is 0 Å². The molecule has 0 radical (unpaired) electrons. The molecule has 0 aliphatic carbocycles. The highest BCUT2D eigenvalue weighted by atomic mass is 16.3. The summed E-state index contributed by atoms with van der Waals surface area (Å²) in [5, 5.41) is 13.3. The van der Waals surface area contributed by atoms with Gasteiger partial charge in [0, 0.05) is 44.6 Å². The maximum absolute atomic E-state index is 8.74. The summed E-state index contributed by atoms with van der Waals surface area (Å²) in [6, 6.07) is 47.1. The number of fused-ring (bicyclic) bond motifs is 7. The number of aliphatic imine (C=N–C) groups is 1. The molecule has 8 rings (SSSR count). The first-order valence-corrected chi connectivity index (χ1v) is 14.0. The first kappa shape index (κ1) is 24.1. The molecule has 2 aromatic heterocycles. The maximum atomic E-state index is 8.74. The van der Waals surface area contributed by atoms with Crippen molar-refractivity contribution in [2.75, 3.05) is 0 Å². The van der Waals surface area contributed by atoms with Crippen molar-refractivity contribution in [3.8, 4) is 5.69 Å².